The summed E-state index contributed by atoms with van der Waals surface area (Å²) in [4.78, 5) is 0. The molecular weight excluding hydrogens is 265 g/mol. The highest BCUT2D eigenvalue weighted by atomic mass is 19.1. The fraction of sp³-hybridized carbons (Fsp3) is 0.471. The number of hydrogen-bond acceptors (Lipinski definition) is 2. The number of aromatic nitrogens is 2. The van der Waals surface area contributed by atoms with E-state index in [2.05, 4.69) is 17.3 Å². The third-order valence-corrected chi connectivity index (χ3v) is 4.21. The summed E-state index contributed by atoms with van der Waals surface area (Å²) >= 11 is 0. The molecule has 4 heteroatoms. The Labute approximate surface area is 125 Å². The quantitative estimate of drug-likeness (QED) is 0.913. The molecule has 1 aromatic heterocycles. The number of nitrogens with one attached hydrogen (secondary N) is 1. The second-order valence-corrected chi connectivity index (χ2v) is 5.86. The van der Waals surface area contributed by atoms with Crippen LogP contribution in [0, 0.1) is 19.7 Å². The van der Waals surface area contributed by atoms with E-state index in [0.717, 1.165) is 29.9 Å². The zero-order chi connectivity index (χ0) is 15.0. The maximum Gasteiger partial charge on any atom is 0.149 e. The molecule has 3 nitrogen and oxygen atoms in total. The molecule has 0 spiro atoms. The number of halogens is 1. The van der Waals surface area contributed by atoms with Crippen LogP contribution in [0.15, 0.2) is 18.2 Å². The molecule has 1 heterocycles. The molecule has 0 radical (unpaired) electrons. The predicted molar refractivity (Wildman–Crippen MR) is 82.2 cm³/mol. The second-order valence-electron chi connectivity index (χ2n) is 5.86. The Bertz CT molecular complexity index is 656. The smallest absolute Gasteiger partial charge is 0.149 e. The van der Waals surface area contributed by atoms with Crippen molar-refractivity contribution in [1.82, 2.24) is 15.1 Å². The Morgan fingerprint density at radius 1 is 1.33 bits per heavy atom. The van der Waals surface area contributed by atoms with Gasteiger partial charge in [-0.15, -0.1) is 0 Å². The first kappa shape index (κ1) is 14.3. The highest BCUT2D eigenvalue weighted by molar-refractivity contribution is 5.40. The number of aryl methyl sites for hydroxylation is 1. The highest BCUT2D eigenvalue weighted by Gasteiger charge is 2.20. The van der Waals surface area contributed by atoms with Crippen LogP contribution in [0.2, 0.25) is 0 Å². The van der Waals surface area contributed by atoms with Gasteiger partial charge in [-0.2, -0.15) is 5.10 Å². The normalized spacial score (nSPS) is 14.7. The topological polar surface area (TPSA) is 29.9 Å². The first-order valence-electron chi connectivity index (χ1n) is 7.67. The van der Waals surface area contributed by atoms with Crippen LogP contribution < -0.4 is 5.32 Å². The van der Waals surface area contributed by atoms with Gasteiger partial charge in [0.1, 0.15) is 11.5 Å². The molecule has 0 aliphatic heterocycles. The highest BCUT2D eigenvalue weighted by Crippen LogP contribution is 2.22. The van der Waals surface area contributed by atoms with Gasteiger partial charge < -0.3 is 5.32 Å². The van der Waals surface area contributed by atoms with Gasteiger partial charge in [-0.05, 0) is 56.4 Å². The molecule has 0 unspecified atom stereocenters. The van der Waals surface area contributed by atoms with Crippen LogP contribution in [0.5, 0.6) is 0 Å². The van der Waals surface area contributed by atoms with Gasteiger partial charge in [0.2, 0.25) is 0 Å². The molecule has 0 bridgehead atoms. The lowest BCUT2D eigenvalue weighted by Crippen LogP contribution is -2.15. The Balaban J connectivity index is 1.88. The van der Waals surface area contributed by atoms with Gasteiger partial charge in [0, 0.05) is 18.3 Å². The van der Waals surface area contributed by atoms with Crippen LogP contribution >= 0.6 is 0 Å². The van der Waals surface area contributed by atoms with E-state index in [1.54, 1.807) is 10.7 Å². The van der Waals surface area contributed by atoms with Crippen molar-refractivity contribution in [3.8, 4) is 5.69 Å². The molecule has 1 aliphatic rings. The molecule has 0 atom stereocenters. The van der Waals surface area contributed by atoms with Crippen molar-refractivity contribution in [2.45, 2.75) is 52.6 Å². The summed E-state index contributed by atoms with van der Waals surface area (Å²) in [5.74, 6) is -0.210. The molecule has 0 saturated heterocycles. The van der Waals surface area contributed by atoms with Gasteiger partial charge in [-0.25, -0.2) is 9.07 Å². The van der Waals surface area contributed by atoms with Gasteiger partial charge in [0.25, 0.3) is 0 Å². The lowest BCUT2D eigenvalue weighted by Gasteiger charge is -2.09. The molecule has 1 N–H and O–H groups in total. The second kappa shape index (κ2) is 5.60. The third-order valence-electron chi connectivity index (χ3n) is 4.21. The zero-order valence-corrected chi connectivity index (χ0v) is 12.9. The molecular formula is C17H22FN3. The molecule has 1 aromatic carbocycles. The fourth-order valence-corrected chi connectivity index (χ4v) is 2.80. The third kappa shape index (κ3) is 2.86. The molecule has 0 amide bonds. The summed E-state index contributed by atoms with van der Waals surface area (Å²) in [6, 6.07) is 6.07. The lowest BCUT2D eigenvalue weighted by molar-refractivity contribution is 0.601. The molecule has 1 aliphatic carbocycles. The molecule has 3 rings (SSSR count). The van der Waals surface area contributed by atoms with Crippen molar-refractivity contribution in [1.29, 1.82) is 0 Å². The largest absolute Gasteiger partial charge is 0.310 e. The number of benzene rings is 1. The van der Waals surface area contributed by atoms with E-state index in [9.17, 15) is 4.39 Å². The van der Waals surface area contributed by atoms with Crippen molar-refractivity contribution in [2.24, 2.45) is 0 Å². The minimum absolute atomic E-state index is 0.210. The maximum absolute atomic E-state index is 14.4. The minimum Gasteiger partial charge on any atom is -0.310 e. The molecule has 2 aromatic rings. The molecule has 1 fully saturated rings. The monoisotopic (exact) mass is 287 g/mol. The zero-order valence-electron chi connectivity index (χ0n) is 12.9. The van der Waals surface area contributed by atoms with E-state index in [1.807, 2.05) is 26.0 Å². The Morgan fingerprint density at radius 3 is 2.67 bits per heavy atom. The lowest BCUT2D eigenvalue weighted by atomic mass is 10.1. The summed E-state index contributed by atoms with van der Waals surface area (Å²) in [6.45, 7) is 6.82. The first-order valence-corrected chi connectivity index (χ1v) is 7.67. The molecule has 1 saturated carbocycles. The number of hydrogen-bond donors (Lipinski definition) is 1. The van der Waals surface area contributed by atoms with Crippen LogP contribution in [0.25, 0.3) is 5.69 Å². The Hall–Kier alpha value is -1.68. The maximum atomic E-state index is 14.4. The average molecular weight is 287 g/mol. The summed E-state index contributed by atoms with van der Waals surface area (Å²) in [7, 11) is 0. The summed E-state index contributed by atoms with van der Waals surface area (Å²) in [5.41, 5.74) is 4.73. The Kier molecular flexibility index (Phi) is 3.81. The van der Waals surface area contributed by atoms with Crippen molar-refractivity contribution < 1.29 is 4.39 Å². The first-order chi connectivity index (χ1) is 10.1. The molecule has 112 valence electrons. The van der Waals surface area contributed by atoms with Gasteiger partial charge in [-0.3, -0.25) is 0 Å². The number of nitrogens with zero attached hydrogens (tertiary/aromatic N) is 2. The van der Waals surface area contributed by atoms with Crippen LogP contribution in [0.1, 0.15) is 42.3 Å². The van der Waals surface area contributed by atoms with Crippen molar-refractivity contribution >= 4 is 0 Å². The van der Waals surface area contributed by atoms with Crippen LogP contribution in [0.4, 0.5) is 4.39 Å². The van der Waals surface area contributed by atoms with Crippen molar-refractivity contribution in [3.63, 3.8) is 0 Å². The van der Waals surface area contributed by atoms with E-state index in [4.69, 9.17) is 0 Å². The summed E-state index contributed by atoms with van der Waals surface area (Å²) in [6.07, 6.45) is 3.40. The molecule has 21 heavy (non-hydrogen) atoms. The Morgan fingerprint density at radius 2 is 2.10 bits per heavy atom. The van der Waals surface area contributed by atoms with E-state index in [-0.39, 0.29) is 5.82 Å². The fourth-order valence-electron chi connectivity index (χ4n) is 2.80. The van der Waals surface area contributed by atoms with Gasteiger partial charge in [0.15, 0.2) is 0 Å². The van der Waals surface area contributed by atoms with Gasteiger partial charge >= 0.3 is 0 Å². The van der Waals surface area contributed by atoms with Gasteiger partial charge in [-0.1, -0.05) is 13.0 Å². The van der Waals surface area contributed by atoms with E-state index in [1.165, 1.54) is 18.4 Å². The summed E-state index contributed by atoms with van der Waals surface area (Å²) < 4.78 is 16.1. The van der Waals surface area contributed by atoms with E-state index < -0.39 is 0 Å². The predicted octanol–water partition coefficient (Wildman–Crippen LogP) is 3.44. The standard InChI is InChI=1S/C17H22FN3/c1-4-15-11(2)20-21(12(15)3)17-8-5-13(9-16(17)18)10-19-14-6-7-14/h5,8-9,14,19H,4,6-7,10H2,1-3H3. The number of rotatable bonds is 5. The van der Waals surface area contributed by atoms with Gasteiger partial charge in [0.05, 0.1) is 5.69 Å². The van der Waals surface area contributed by atoms with Crippen LogP contribution in [0.3, 0.4) is 0 Å². The van der Waals surface area contributed by atoms with Crippen molar-refractivity contribution in [3.05, 3.63) is 46.5 Å². The SMILES string of the molecule is CCc1c(C)nn(-c2ccc(CNC3CC3)cc2F)c1C. The minimum atomic E-state index is -0.210. The van der Waals surface area contributed by atoms with E-state index in [0.29, 0.717) is 11.7 Å². The average Bonchev–Trinajstić information content (AvgIpc) is 3.23. The van der Waals surface area contributed by atoms with E-state index >= 15 is 0 Å². The van der Waals surface area contributed by atoms with Crippen LogP contribution in [-0.4, -0.2) is 15.8 Å². The van der Waals surface area contributed by atoms with Crippen molar-refractivity contribution in [2.75, 3.05) is 0 Å². The van der Waals surface area contributed by atoms with Crippen LogP contribution in [-0.2, 0) is 13.0 Å². The summed E-state index contributed by atoms with van der Waals surface area (Å²) in [5, 5.41) is 7.89.